The van der Waals surface area contributed by atoms with Gasteiger partial charge in [-0.15, -0.1) is 0 Å². The van der Waals surface area contributed by atoms with E-state index in [-0.39, 0.29) is 5.97 Å². The number of hydrogen-bond donors (Lipinski definition) is 0. The molecule has 1 atom stereocenters. The first-order chi connectivity index (χ1) is 8.50. The second kappa shape index (κ2) is 6.55. The topological polar surface area (TPSA) is 29.5 Å². The molecule has 0 aliphatic rings. The van der Waals surface area contributed by atoms with Crippen molar-refractivity contribution in [2.45, 2.75) is 32.3 Å². The number of carbonyl (C=O) groups is 1. The van der Waals surface area contributed by atoms with Crippen LogP contribution in [0.2, 0.25) is 0 Å². The van der Waals surface area contributed by atoms with Gasteiger partial charge in [0.25, 0.3) is 0 Å². The van der Waals surface area contributed by atoms with Gasteiger partial charge in [0.05, 0.1) is 0 Å². The monoisotopic (exact) mass is 249 g/mol. The average molecular weight is 249 g/mol. The molecule has 0 N–H and O–H groups in total. The molecule has 100 valence electrons. The van der Waals surface area contributed by atoms with Crippen molar-refractivity contribution in [2.24, 2.45) is 0 Å². The van der Waals surface area contributed by atoms with E-state index in [0.717, 1.165) is 24.9 Å². The second-order valence-electron chi connectivity index (χ2n) is 4.86. The minimum absolute atomic E-state index is 0.223. The Kier molecular flexibility index (Phi) is 5.35. The number of nitrogens with zero attached hydrogens (tertiary/aromatic N) is 1. The Morgan fingerprint density at radius 3 is 2.33 bits per heavy atom. The van der Waals surface area contributed by atoms with Crippen molar-refractivity contribution >= 4 is 5.97 Å². The minimum atomic E-state index is -0.503. The predicted octanol–water partition coefficient (Wildman–Crippen LogP) is 2.81. The van der Waals surface area contributed by atoms with Crippen LogP contribution in [0.25, 0.3) is 0 Å². The van der Waals surface area contributed by atoms with Gasteiger partial charge in [-0.1, -0.05) is 37.3 Å². The van der Waals surface area contributed by atoms with Crippen LogP contribution in [0.3, 0.4) is 0 Å². The van der Waals surface area contributed by atoms with Gasteiger partial charge >= 0.3 is 5.97 Å². The molecule has 3 heteroatoms. The van der Waals surface area contributed by atoms with Crippen LogP contribution in [0.15, 0.2) is 30.3 Å². The van der Waals surface area contributed by atoms with E-state index in [1.54, 1.807) is 0 Å². The molecule has 1 unspecified atom stereocenters. The summed E-state index contributed by atoms with van der Waals surface area (Å²) >= 11 is 0. The highest BCUT2D eigenvalue weighted by molar-refractivity contribution is 5.66. The van der Waals surface area contributed by atoms with Crippen LogP contribution in [0.1, 0.15) is 32.3 Å². The molecule has 0 aliphatic carbocycles. The van der Waals surface area contributed by atoms with Gasteiger partial charge < -0.3 is 9.64 Å². The highest BCUT2D eigenvalue weighted by Crippen LogP contribution is 2.33. The van der Waals surface area contributed by atoms with Gasteiger partial charge in [-0.3, -0.25) is 4.79 Å². The third-order valence-corrected chi connectivity index (χ3v) is 3.17. The van der Waals surface area contributed by atoms with Crippen LogP contribution in [-0.2, 0) is 15.1 Å². The highest BCUT2D eigenvalue weighted by Gasteiger charge is 2.33. The molecule has 0 saturated heterocycles. The normalized spacial score (nSPS) is 14.3. The standard InChI is InChI=1S/C15H23NO2/c1-5-15(18-13(2)17,11-12-16(3)4)14-9-7-6-8-10-14/h6-10H,5,11-12H2,1-4H3. The van der Waals surface area contributed by atoms with Crippen LogP contribution in [0.5, 0.6) is 0 Å². The largest absolute Gasteiger partial charge is 0.454 e. The van der Waals surface area contributed by atoms with Crippen LogP contribution in [0.4, 0.5) is 0 Å². The molecular weight excluding hydrogens is 226 g/mol. The molecule has 18 heavy (non-hydrogen) atoms. The summed E-state index contributed by atoms with van der Waals surface area (Å²) in [6, 6.07) is 10.0. The molecule has 0 aliphatic heterocycles. The molecule has 3 nitrogen and oxygen atoms in total. The van der Waals surface area contributed by atoms with Gasteiger partial charge in [0.1, 0.15) is 5.60 Å². The van der Waals surface area contributed by atoms with E-state index in [9.17, 15) is 4.79 Å². The smallest absolute Gasteiger partial charge is 0.303 e. The first-order valence-electron chi connectivity index (χ1n) is 6.40. The fraction of sp³-hybridized carbons (Fsp3) is 0.533. The van der Waals surface area contributed by atoms with Gasteiger partial charge in [0.2, 0.25) is 0 Å². The average Bonchev–Trinajstić information content (AvgIpc) is 2.35. The molecule has 1 aromatic carbocycles. The Hall–Kier alpha value is -1.35. The summed E-state index contributed by atoms with van der Waals surface area (Å²) in [7, 11) is 4.05. The highest BCUT2D eigenvalue weighted by atomic mass is 16.6. The summed E-state index contributed by atoms with van der Waals surface area (Å²) in [4.78, 5) is 13.5. The zero-order valence-electron chi connectivity index (χ0n) is 11.8. The van der Waals surface area contributed by atoms with Gasteiger partial charge in [-0.05, 0) is 26.1 Å². The van der Waals surface area contributed by atoms with Crippen LogP contribution < -0.4 is 0 Å². The minimum Gasteiger partial charge on any atom is -0.454 e. The fourth-order valence-corrected chi connectivity index (χ4v) is 2.13. The molecule has 0 fully saturated rings. The molecular formula is C15H23NO2. The van der Waals surface area contributed by atoms with Gasteiger partial charge in [0.15, 0.2) is 0 Å². The van der Waals surface area contributed by atoms with Crippen LogP contribution >= 0.6 is 0 Å². The summed E-state index contributed by atoms with van der Waals surface area (Å²) in [5.74, 6) is -0.223. The zero-order valence-corrected chi connectivity index (χ0v) is 11.8. The third-order valence-electron chi connectivity index (χ3n) is 3.17. The van der Waals surface area contributed by atoms with Crippen molar-refractivity contribution in [3.8, 4) is 0 Å². The van der Waals surface area contributed by atoms with Crippen molar-refractivity contribution < 1.29 is 9.53 Å². The summed E-state index contributed by atoms with van der Waals surface area (Å²) in [6.07, 6.45) is 1.59. The Bertz CT molecular complexity index is 375. The van der Waals surface area contributed by atoms with Gasteiger partial charge in [-0.25, -0.2) is 0 Å². The maximum atomic E-state index is 11.4. The summed E-state index contributed by atoms with van der Waals surface area (Å²) < 4.78 is 5.66. The molecule has 0 heterocycles. The van der Waals surface area contributed by atoms with Crippen molar-refractivity contribution in [3.63, 3.8) is 0 Å². The van der Waals surface area contributed by atoms with E-state index in [1.807, 2.05) is 44.4 Å². The van der Waals surface area contributed by atoms with Crippen molar-refractivity contribution in [3.05, 3.63) is 35.9 Å². The number of esters is 1. The van der Waals surface area contributed by atoms with E-state index >= 15 is 0 Å². The Morgan fingerprint density at radius 2 is 1.89 bits per heavy atom. The molecule has 0 amide bonds. The molecule has 0 radical (unpaired) electrons. The predicted molar refractivity (Wildman–Crippen MR) is 73.3 cm³/mol. The molecule has 0 aromatic heterocycles. The van der Waals surface area contributed by atoms with Crippen LogP contribution in [0, 0.1) is 0 Å². The van der Waals surface area contributed by atoms with E-state index < -0.39 is 5.60 Å². The van der Waals surface area contributed by atoms with Crippen molar-refractivity contribution in [1.29, 1.82) is 0 Å². The summed E-state index contributed by atoms with van der Waals surface area (Å²) in [5.41, 5.74) is 0.571. The molecule has 0 spiro atoms. The Balaban J connectivity index is 3.01. The Morgan fingerprint density at radius 1 is 1.28 bits per heavy atom. The molecule has 1 rings (SSSR count). The number of ether oxygens (including phenoxy) is 1. The third kappa shape index (κ3) is 3.84. The molecule has 1 aromatic rings. The second-order valence-corrected chi connectivity index (χ2v) is 4.86. The first-order valence-corrected chi connectivity index (χ1v) is 6.40. The first kappa shape index (κ1) is 14.7. The number of carbonyl (C=O) groups excluding carboxylic acids is 1. The van der Waals surface area contributed by atoms with Crippen molar-refractivity contribution in [1.82, 2.24) is 4.90 Å². The lowest BCUT2D eigenvalue weighted by molar-refractivity contribution is -0.160. The number of hydrogen-bond acceptors (Lipinski definition) is 3. The summed E-state index contributed by atoms with van der Waals surface area (Å²) in [5, 5.41) is 0. The van der Waals surface area contributed by atoms with Crippen molar-refractivity contribution in [2.75, 3.05) is 20.6 Å². The van der Waals surface area contributed by atoms with E-state index in [0.29, 0.717) is 0 Å². The SMILES string of the molecule is CCC(CCN(C)C)(OC(C)=O)c1ccccc1. The summed E-state index contributed by atoms with van der Waals surface area (Å²) in [6.45, 7) is 4.42. The maximum absolute atomic E-state index is 11.4. The van der Waals surface area contributed by atoms with E-state index in [4.69, 9.17) is 4.74 Å². The Labute approximate surface area is 110 Å². The zero-order chi connectivity index (χ0) is 13.6. The molecule has 0 bridgehead atoms. The lowest BCUT2D eigenvalue weighted by Crippen LogP contribution is -2.34. The van der Waals surface area contributed by atoms with Crippen LogP contribution in [-0.4, -0.2) is 31.5 Å². The lowest BCUT2D eigenvalue weighted by atomic mass is 9.87. The van der Waals surface area contributed by atoms with E-state index in [1.165, 1.54) is 6.92 Å². The van der Waals surface area contributed by atoms with Gasteiger partial charge in [0, 0.05) is 19.9 Å². The lowest BCUT2D eigenvalue weighted by Gasteiger charge is -2.33. The maximum Gasteiger partial charge on any atom is 0.303 e. The van der Waals surface area contributed by atoms with Gasteiger partial charge in [-0.2, -0.15) is 0 Å². The number of rotatable bonds is 6. The fourth-order valence-electron chi connectivity index (χ4n) is 2.13. The number of benzene rings is 1. The van der Waals surface area contributed by atoms with E-state index in [2.05, 4.69) is 11.8 Å². The quantitative estimate of drug-likeness (QED) is 0.726. The molecule has 0 saturated carbocycles.